The van der Waals surface area contributed by atoms with Gasteiger partial charge in [-0.25, -0.2) is 4.79 Å². The molecule has 1 fully saturated rings. The van der Waals surface area contributed by atoms with Crippen molar-refractivity contribution in [2.24, 2.45) is 0 Å². The van der Waals surface area contributed by atoms with Crippen LogP contribution in [0.5, 0.6) is 0 Å². The van der Waals surface area contributed by atoms with Crippen LogP contribution in [-0.2, 0) is 29.0 Å². The highest BCUT2D eigenvalue weighted by molar-refractivity contribution is 7.17. The second-order valence-corrected chi connectivity index (χ2v) is 10.7. The van der Waals surface area contributed by atoms with Crippen molar-refractivity contribution >= 4 is 39.0 Å². The van der Waals surface area contributed by atoms with E-state index in [4.69, 9.17) is 4.74 Å². The maximum Gasteiger partial charge on any atom is 0.341 e. The van der Waals surface area contributed by atoms with Gasteiger partial charge in [-0.3, -0.25) is 9.69 Å². The molecule has 0 unspecified atom stereocenters. The first kappa shape index (κ1) is 24.0. The minimum Gasteiger partial charge on any atom is -0.462 e. The smallest absolute Gasteiger partial charge is 0.341 e. The number of hydrogen-bond donors (Lipinski definition) is 1. The number of nitrogens with one attached hydrogen (secondary N) is 1. The fourth-order valence-corrected chi connectivity index (χ4v) is 6.28. The van der Waals surface area contributed by atoms with E-state index in [0.717, 1.165) is 36.5 Å². The van der Waals surface area contributed by atoms with Crippen LogP contribution >= 0.6 is 11.3 Å². The zero-order valence-electron chi connectivity index (χ0n) is 20.5. The number of amides is 1. The Hall–Kier alpha value is -2.74. The number of carbonyl (C=O) groups is 2. The first-order valence-corrected chi connectivity index (χ1v) is 13.4. The second-order valence-electron chi connectivity index (χ2n) is 9.55. The summed E-state index contributed by atoms with van der Waals surface area (Å²) in [4.78, 5) is 31.6. The molecule has 6 nitrogen and oxygen atoms in total. The van der Waals surface area contributed by atoms with Crippen LogP contribution in [0.1, 0.15) is 52.5 Å². The van der Waals surface area contributed by atoms with Gasteiger partial charge in [-0.2, -0.15) is 0 Å². The summed E-state index contributed by atoms with van der Waals surface area (Å²) in [6.45, 7) is 5.36. The molecule has 0 radical (unpaired) electrons. The molecule has 184 valence electrons. The lowest BCUT2D eigenvalue weighted by atomic mass is 10.0. The zero-order valence-corrected chi connectivity index (χ0v) is 21.3. The van der Waals surface area contributed by atoms with Crippen LogP contribution in [0.2, 0.25) is 0 Å². The molecule has 1 aromatic heterocycles. The van der Waals surface area contributed by atoms with Crippen molar-refractivity contribution in [2.45, 2.75) is 51.7 Å². The van der Waals surface area contributed by atoms with Gasteiger partial charge < -0.3 is 15.0 Å². The van der Waals surface area contributed by atoms with E-state index in [2.05, 4.69) is 64.6 Å². The third-order valence-electron chi connectivity index (χ3n) is 6.92. The Morgan fingerprint density at radius 2 is 1.97 bits per heavy atom. The van der Waals surface area contributed by atoms with E-state index in [1.165, 1.54) is 40.5 Å². The molecular formula is C28H33N3O3S. The van der Waals surface area contributed by atoms with Gasteiger partial charge in [0.15, 0.2) is 0 Å². The van der Waals surface area contributed by atoms with Crippen molar-refractivity contribution in [1.29, 1.82) is 0 Å². The van der Waals surface area contributed by atoms with Gasteiger partial charge in [0, 0.05) is 43.5 Å². The van der Waals surface area contributed by atoms with Crippen molar-refractivity contribution in [2.75, 3.05) is 32.1 Å². The highest BCUT2D eigenvalue weighted by Crippen LogP contribution is 2.37. The number of hydrogen-bond acceptors (Lipinski definition) is 6. The Morgan fingerprint density at radius 3 is 2.77 bits per heavy atom. The SMILES string of the molecule is CCOC(=O)c1c(NC(=O)CCN(Cc2cccc3ccccc23)C2CC2)sc2c1CCN(C)C2. The van der Waals surface area contributed by atoms with Crippen molar-refractivity contribution in [3.05, 3.63) is 64.0 Å². The lowest BCUT2D eigenvalue weighted by Crippen LogP contribution is -2.29. The average molecular weight is 492 g/mol. The number of carbonyl (C=O) groups excluding carboxylic acids is 2. The van der Waals surface area contributed by atoms with Gasteiger partial charge in [0.05, 0.1) is 12.2 Å². The summed E-state index contributed by atoms with van der Waals surface area (Å²) in [5.74, 6) is -0.383. The van der Waals surface area contributed by atoms with E-state index in [1.54, 1.807) is 0 Å². The first-order chi connectivity index (χ1) is 17.0. The van der Waals surface area contributed by atoms with Crippen LogP contribution in [0.15, 0.2) is 42.5 Å². The predicted molar refractivity (Wildman–Crippen MR) is 141 cm³/mol. The molecule has 2 heterocycles. The summed E-state index contributed by atoms with van der Waals surface area (Å²) in [7, 11) is 2.08. The molecule has 2 aliphatic rings. The number of anilines is 1. The molecule has 1 aliphatic heterocycles. The molecule has 1 saturated carbocycles. The highest BCUT2D eigenvalue weighted by atomic mass is 32.1. The summed E-state index contributed by atoms with van der Waals surface area (Å²) < 4.78 is 5.34. The van der Waals surface area contributed by atoms with Gasteiger partial charge in [0.2, 0.25) is 5.91 Å². The summed E-state index contributed by atoms with van der Waals surface area (Å²) in [5, 5.41) is 6.23. The van der Waals surface area contributed by atoms with Crippen LogP contribution < -0.4 is 5.32 Å². The molecule has 35 heavy (non-hydrogen) atoms. The third kappa shape index (κ3) is 5.42. The van der Waals surface area contributed by atoms with Crippen molar-refractivity contribution < 1.29 is 14.3 Å². The number of thiophene rings is 1. The van der Waals surface area contributed by atoms with Crippen LogP contribution in [-0.4, -0.2) is 54.5 Å². The van der Waals surface area contributed by atoms with E-state index >= 15 is 0 Å². The predicted octanol–water partition coefficient (Wildman–Crippen LogP) is 5.06. The molecule has 0 spiro atoms. The molecule has 1 N–H and O–H groups in total. The molecule has 2 aromatic carbocycles. The Labute approximate surface area is 210 Å². The topological polar surface area (TPSA) is 61.9 Å². The lowest BCUT2D eigenvalue weighted by molar-refractivity contribution is -0.116. The summed E-state index contributed by atoms with van der Waals surface area (Å²) >= 11 is 1.52. The number of nitrogens with zero attached hydrogens (tertiary/aromatic N) is 2. The van der Waals surface area contributed by atoms with Crippen molar-refractivity contribution in [3.63, 3.8) is 0 Å². The summed E-state index contributed by atoms with van der Waals surface area (Å²) in [6.07, 6.45) is 3.56. The molecule has 0 bridgehead atoms. The highest BCUT2D eigenvalue weighted by Gasteiger charge is 2.31. The van der Waals surface area contributed by atoms with E-state index in [9.17, 15) is 9.59 Å². The Bertz CT molecular complexity index is 1230. The number of esters is 1. The van der Waals surface area contributed by atoms with E-state index < -0.39 is 0 Å². The van der Waals surface area contributed by atoms with Crippen LogP contribution in [0.3, 0.4) is 0 Å². The maximum atomic E-state index is 13.0. The minimum atomic E-state index is -0.333. The van der Waals surface area contributed by atoms with Crippen molar-refractivity contribution in [1.82, 2.24) is 9.80 Å². The number of rotatable bonds is 9. The van der Waals surface area contributed by atoms with E-state index in [1.807, 2.05) is 6.92 Å². The first-order valence-electron chi connectivity index (χ1n) is 12.5. The maximum absolute atomic E-state index is 13.0. The normalized spacial score (nSPS) is 15.9. The van der Waals surface area contributed by atoms with E-state index in [-0.39, 0.29) is 11.9 Å². The number of benzene rings is 2. The van der Waals surface area contributed by atoms with Gasteiger partial charge in [-0.15, -0.1) is 11.3 Å². The molecule has 1 aliphatic carbocycles. The quantitative estimate of drug-likeness (QED) is 0.424. The molecule has 0 atom stereocenters. The standard InChI is InChI=1S/C28H33N3O3S/c1-3-34-28(33)26-23-13-15-30(2)18-24(23)35-27(26)29-25(32)14-16-31(21-11-12-21)17-20-9-6-8-19-7-4-5-10-22(19)20/h4-10,21H,3,11-18H2,1-2H3,(H,29,32). The Balaban J connectivity index is 1.28. The number of ether oxygens (including phenoxy) is 1. The molecule has 5 rings (SSSR count). The van der Waals surface area contributed by atoms with Crippen LogP contribution in [0, 0.1) is 0 Å². The fraction of sp³-hybridized carbons (Fsp3) is 0.429. The fourth-order valence-electron chi connectivity index (χ4n) is 4.95. The van der Waals surface area contributed by atoms with Crippen LogP contribution in [0.4, 0.5) is 5.00 Å². The van der Waals surface area contributed by atoms with Gasteiger partial charge in [-0.05, 0) is 55.1 Å². The van der Waals surface area contributed by atoms with Crippen LogP contribution in [0.25, 0.3) is 10.8 Å². The zero-order chi connectivity index (χ0) is 24.4. The minimum absolute atomic E-state index is 0.0499. The van der Waals surface area contributed by atoms with Gasteiger partial charge in [-0.1, -0.05) is 42.5 Å². The third-order valence-corrected chi connectivity index (χ3v) is 8.06. The molecular weight excluding hydrogens is 458 g/mol. The van der Waals surface area contributed by atoms with Gasteiger partial charge >= 0.3 is 5.97 Å². The van der Waals surface area contributed by atoms with E-state index in [0.29, 0.717) is 36.2 Å². The lowest BCUT2D eigenvalue weighted by Gasteiger charge is -2.23. The molecule has 3 aromatic rings. The van der Waals surface area contributed by atoms with Gasteiger partial charge in [0.25, 0.3) is 0 Å². The van der Waals surface area contributed by atoms with Gasteiger partial charge in [0.1, 0.15) is 5.00 Å². The Kier molecular flexibility index (Phi) is 7.18. The molecule has 1 amide bonds. The summed E-state index contributed by atoms with van der Waals surface area (Å²) in [6, 6.07) is 15.5. The molecule has 0 saturated heterocycles. The Morgan fingerprint density at radius 1 is 1.17 bits per heavy atom. The summed E-state index contributed by atoms with van der Waals surface area (Å²) in [5.41, 5.74) is 2.90. The largest absolute Gasteiger partial charge is 0.462 e. The second kappa shape index (κ2) is 10.5. The monoisotopic (exact) mass is 491 g/mol. The number of likely N-dealkylation sites (N-methyl/N-ethyl adjacent to an activating group) is 1. The number of fused-ring (bicyclic) bond motifs is 2. The van der Waals surface area contributed by atoms with Crippen molar-refractivity contribution in [3.8, 4) is 0 Å². The molecule has 7 heteroatoms. The average Bonchev–Trinajstić information content (AvgIpc) is 3.63.